The number of allylic oxidation sites excluding steroid dienone is 3. The number of hydrogen-bond acceptors (Lipinski definition) is 7. The van der Waals surface area contributed by atoms with E-state index in [4.69, 9.17) is 14.8 Å². The highest BCUT2D eigenvalue weighted by Gasteiger charge is 2.27. The Balaban J connectivity index is 4.24. The van der Waals surface area contributed by atoms with Gasteiger partial charge in [-0.25, -0.2) is 4.57 Å². The third-order valence-corrected chi connectivity index (χ3v) is 10.6. The number of phosphoric acid groups is 1. The lowest BCUT2D eigenvalue weighted by molar-refractivity contribution is -0.124. The Bertz CT molecular complexity index is 888. The minimum atomic E-state index is -4.40. The van der Waals surface area contributed by atoms with Crippen LogP contribution in [0.25, 0.3) is 0 Å². The predicted molar refractivity (Wildman–Crippen MR) is 218 cm³/mol. The molecule has 308 valence electrons. The molecule has 52 heavy (non-hydrogen) atoms. The number of aliphatic hydroxyl groups excluding tert-OH is 2. The van der Waals surface area contributed by atoms with E-state index < -0.39 is 38.6 Å². The Kier molecular flexibility index (Phi) is 37.4. The number of aliphatic hydroxyl groups is 2. The van der Waals surface area contributed by atoms with Crippen molar-refractivity contribution < 1.29 is 33.5 Å². The van der Waals surface area contributed by atoms with Crippen molar-refractivity contribution in [3.05, 3.63) is 24.3 Å². The van der Waals surface area contributed by atoms with Crippen LogP contribution >= 0.6 is 7.82 Å². The monoisotopic (exact) mass is 759 g/mol. The molecule has 0 saturated carbocycles. The Morgan fingerprint density at radius 1 is 0.654 bits per heavy atom. The van der Waals surface area contributed by atoms with E-state index in [1.807, 2.05) is 6.08 Å². The molecule has 0 aliphatic heterocycles. The Hall–Kier alpha value is -1.06. The first-order valence-corrected chi connectivity index (χ1v) is 23.0. The van der Waals surface area contributed by atoms with E-state index >= 15 is 0 Å². The zero-order valence-corrected chi connectivity index (χ0v) is 34.6. The van der Waals surface area contributed by atoms with Crippen LogP contribution in [0.1, 0.15) is 200 Å². The summed E-state index contributed by atoms with van der Waals surface area (Å²) in [4.78, 5) is 22.7. The molecule has 0 rings (SSSR count). The standard InChI is InChI=1S/C42H83N2O7P/c1-3-5-7-9-11-13-15-16-17-18-19-20-21-22-24-25-27-29-31-33-39(45)37-42(47)44-40(38-51-52(48,49)50-36-35-43)41(46)34-32-30-28-26-23-14-12-10-8-6-4-2/h23,26,32,34,39-41,45-46H,3-22,24-25,27-31,33,35-38,43H2,1-2H3,(H,44,47)(H,48,49)/b26-23+,34-32+. The van der Waals surface area contributed by atoms with Crippen LogP contribution in [0.15, 0.2) is 24.3 Å². The van der Waals surface area contributed by atoms with Crippen LogP contribution in [0.4, 0.5) is 0 Å². The van der Waals surface area contributed by atoms with Gasteiger partial charge in [0.05, 0.1) is 37.9 Å². The van der Waals surface area contributed by atoms with Crippen molar-refractivity contribution in [2.75, 3.05) is 19.8 Å². The summed E-state index contributed by atoms with van der Waals surface area (Å²) in [6.07, 6.45) is 39.9. The van der Waals surface area contributed by atoms with Gasteiger partial charge in [0.15, 0.2) is 0 Å². The molecule has 0 aliphatic carbocycles. The van der Waals surface area contributed by atoms with E-state index in [-0.39, 0.29) is 19.6 Å². The van der Waals surface area contributed by atoms with Crippen molar-refractivity contribution in [3.8, 4) is 0 Å². The molecule has 0 radical (unpaired) electrons. The lowest BCUT2D eigenvalue weighted by Crippen LogP contribution is -2.46. The van der Waals surface area contributed by atoms with Gasteiger partial charge in [-0.15, -0.1) is 0 Å². The van der Waals surface area contributed by atoms with Gasteiger partial charge < -0.3 is 26.2 Å². The molecule has 10 heteroatoms. The maximum Gasteiger partial charge on any atom is 0.472 e. The summed E-state index contributed by atoms with van der Waals surface area (Å²) in [5.74, 6) is -0.455. The summed E-state index contributed by atoms with van der Waals surface area (Å²) >= 11 is 0. The minimum Gasteiger partial charge on any atom is -0.393 e. The Morgan fingerprint density at radius 3 is 1.60 bits per heavy atom. The second kappa shape index (κ2) is 38.2. The van der Waals surface area contributed by atoms with E-state index in [1.54, 1.807) is 6.08 Å². The molecule has 0 spiro atoms. The second-order valence-electron chi connectivity index (χ2n) is 14.7. The average Bonchev–Trinajstić information content (AvgIpc) is 3.12. The van der Waals surface area contributed by atoms with E-state index in [2.05, 4.69) is 31.3 Å². The van der Waals surface area contributed by atoms with Crippen molar-refractivity contribution >= 4 is 13.7 Å². The summed E-state index contributed by atoms with van der Waals surface area (Å²) in [6.45, 7) is 3.93. The molecule has 4 atom stereocenters. The number of carbonyl (C=O) groups is 1. The number of amides is 1. The van der Waals surface area contributed by atoms with Gasteiger partial charge in [-0.05, 0) is 32.1 Å². The molecule has 0 bridgehead atoms. The first-order valence-electron chi connectivity index (χ1n) is 21.5. The normalized spacial score (nSPS) is 15.0. The zero-order chi connectivity index (χ0) is 38.4. The molecule has 9 nitrogen and oxygen atoms in total. The molecule has 0 aliphatic rings. The maximum atomic E-state index is 12.8. The first kappa shape index (κ1) is 50.9. The number of nitrogens with one attached hydrogen (secondary N) is 1. The lowest BCUT2D eigenvalue weighted by Gasteiger charge is -2.24. The van der Waals surface area contributed by atoms with Crippen LogP contribution in [0, 0.1) is 0 Å². The van der Waals surface area contributed by atoms with E-state index in [1.165, 1.54) is 135 Å². The number of phosphoric ester groups is 1. The molecule has 4 unspecified atom stereocenters. The second-order valence-corrected chi connectivity index (χ2v) is 16.2. The topological polar surface area (TPSA) is 151 Å². The summed E-state index contributed by atoms with van der Waals surface area (Å²) < 4.78 is 22.0. The van der Waals surface area contributed by atoms with Crippen molar-refractivity contribution in [2.24, 2.45) is 5.73 Å². The van der Waals surface area contributed by atoms with Crippen LogP contribution in [0.3, 0.4) is 0 Å². The van der Waals surface area contributed by atoms with Gasteiger partial charge >= 0.3 is 7.82 Å². The molecular formula is C42H83N2O7P. The molecule has 0 aromatic heterocycles. The number of hydrogen-bond donors (Lipinski definition) is 5. The molecule has 0 fully saturated rings. The van der Waals surface area contributed by atoms with Crippen molar-refractivity contribution in [1.29, 1.82) is 0 Å². The van der Waals surface area contributed by atoms with E-state index in [0.29, 0.717) is 12.8 Å². The van der Waals surface area contributed by atoms with Gasteiger partial charge in [0, 0.05) is 6.54 Å². The van der Waals surface area contributed by atoms with E-state index in [9.17, 15) is 24.5 Å². The average molecular weight is 759 g/mol. The maximum absolute atomic E-state index is 12.8. The number of rotatable bonds is 40. The van der Waals surface area contributed by atoms with Gasteiger partial charge in [0.2, 0.25) is 5.91 Å². The SMILES string of the molecule is CCCCCCC/C=C/CC/C=C/C(O)C(COP(=O)(O)OCCN)NC(=O)CC(O)CCCCCCCCCCCCCCCCCCCCC. The van der Waals surface area contributed by atoms with Crippen LogP contribution in [0.2, 0.25) is 0 Å². The minimum absolute atomic E-state index is 0.0458. The lowest BCUT2D eigenvalue weighted by atomic mass is 10.0. The van der Waals surface area contributed by atoms with Gasteiger partial charge in [-0.1, -0.05) is 186 Å². The first-order chi connectivity index (χ1) is 25.3. The summed E-state index contributed by atoms with van der Waals surface area (Å²) in [7, 11) is -4.40. The quantitative estimate of drug-likeness (QED) is 0.0235. The predicted octanol–water partition coefficient (Wildman–Crippen LogP) is 10.8. The Morgan fingerprint density at radius 2 is 1.10 bits per heavy atom. The Labute approximate surface area is 320 Å². The molecule has 0 aromatic carbocycles. The van der Waals surface area contributed by atoms with Crippen molar-refractivity contribution in [2.45, 2.75) is 218 Å². The number of unbranched alkanes of at least 4 members (excludes halogenated alkanes) is 24. The largest absolute Gasteiger partial charge is 0.472 e. The number of carbonyl (C=O) groups excluding carboxylic acids is 1. The molecule has 6 N–H and O–H groups in total. The van der Waals surface area contributed by atoms with Crippen molar-refractivity contribution in [1.82, 2.24) is 5.32 Å². The van der Waals surface area contributed by atoms with Crippen LogP contribution < -0.4 is 11.1 Å². The smallest absolute Gasteiger partial charge is 0.393 e. The zero-order valence-electron chi connectivity index (χ0n) is 33.7. The molecule has 0 aromatic rings. The fourth-order valence-electron chi connectivity index (χ4n) is 6.31. The molecular weight excluding hydrogens is 675 g/mol. The highest BCUT2D eigenvalue weighted by molar-refractivity contribution is 7.47. The molecule has 1 amide bonds. The highest BCUT2D eigenvalue weighted by atomic mass is 31.2. The van der Waals surface area contributed by atoms with Crippen LogP contribution in [0.5, 0.6) is 0 Å². The van der Waals surface area contributed by atoms with Crippen LogP contribution in [-0.2, 0) is 18.4 Å². The fraction of sp³-hybridized carbons (Fsp3) is 0.881. The third kappa shape index (κ3) is 35.9. The third-order valence-electron chi connectivity index (χ3n) is 9.58. The fourth-order valence-corrected chi connectivity index (χ4v) is 7.07. The van der Waals surface area contributed by atoms with Crippen molar-refractivity contribution in [3.63, 3.8) is 0 Å². The van der Waals surface area contributed by atoms with Crippen LogP contribution in [-0.4, -0.2) is 59.0 Å². The van der Waals surface area contributed by atoms with Gasteiger partial charge in [0.25, 0.3) is 0 Å². The van der Waals surface area contributed by atoms with Gasteiger partial charge in [-0.3, -0.25) is 13.8 Å². The van der Waals surface area contributed by atoms with Gasteiger partial charge in [-0.2, -0.15) is 0 Å². The summed E-state index contributed by atoms with van der Waals surface area (Å²) in [6, 6.07) is -0.994. The van der Waals surface area contributed by atoms with E-state index in [0.717, 1.165) is 32.1 Å². The highest BCUT2D eigenvalue weighted by Crippen LogP contribution is 2.43. The summed E-state index contributed by atoms with van der Waals surface area (Å²) in [5, 5.41) is 24.0. The summed E-state index contributed by atoms with van der Waals surface area (Å²) in [5.41, 5.74) is 5.35. The van der Waals surface area contributed by atoms with Gasteiger partial charge in [0.1, 0.15) is 0 Å². The molecule has 0 heterocycles. The number of nitrogens with two attached hydrogens (primary N) is 1. The molecule has 0 saturated heterocycles.